The van der Waals surface area contributed by atoms with Crippen molar-refractivity contribution in [2.24, 2.45) is 17.8 Å². The highest BCUT2D eigenvalue weighted by Gasteiger charge is 2.42. The molecule has 1 N–H and O–H groups in total. The topological polar surface area (TPSA) is 29.5 Å². The molecule has 2 rings (SSSR count). The van der Waals surface area contributed by atoms with Crippen molar-refractivity contribution in [1.29, 1.82) is 0 Å². The Morgan fingerprint density at radius 1 is 1.38 bits per heavy atom. The number of ether oxygens (including phenoxy) is 1. The van der Waals surface area contributed by atoms with Crippen molar-refractivity contribution in [2.75, 3.05) is 13.7 Å². The van der Waals surface area contributed by atoms with E-state index in [1.165, 1.54) is 6.42 Å². The predicted molar refractivity (Wildman–Crippen MR) is 51.3 cm³/mol. The van der Waals surface area contributed by atoms with Crippen LogP contribution >= 0.6 is 0 Å². The van der Waals surface area contributed by atoms with E-state index in [0.717, 1.165) is 18.8 Å². The minimum Gasteiger partial charge on any atom is -0.396 e. The fourth-order valence-electron chi connectivity index (χ4n) is 2.96. The van der Waals surface area contributed by atoms with Gasteiger partial charge >= 0.3 is 0 Å². The zero-order valence-electron chi connectivity index (χ0n) is 8.15. The molecule has 0 unspecified atom stereocenters. The van der Waals surface area contributed by atoms with Gasteiger partial charge in [-0.2, -0.15) is 0 Å². The molecule has 0 aromatic carbocycles. The minimum atomic E-state index is 0.285. The van der Waals surface area contributed by atoms with E-state index in [1.54, 1.807) is 7.11 Å². The van der Waals surface area contributed by atoms with E-state index >= 15 is 0 Å². The number of hydrogen-bond acceptors (Lipinski definition) is 2. The Morgan fingerprint density at radius 3 is 2.85 bits per heavy atom. The summed E-state index contributed by atoms with van der Waals surface area (Å²) in [7, 11) is 1.76. The van der Waals surface area contributed by atoms with Gasteiger partial charge in [-0.15, -0.1) is 0 Å². The maximum absolute atomic E-state index is 9.30. The summed E-state index contributed by atoms with van der Waals surface area (Å²) in [6, 6.07) is 0. The van der Waals surface area contributed by atoms with Crippen LogP contribution < -0.4 is 0 Å². The van der Waals surface area contributed by atoms with Crippen LogP contribution in [0.4, 0.5) is 0 Å². The summed E-state index contributed by atoms with van der Waals surface area (Å²) in [6.45, 7) is 0.285. The van der Waals surface area contributed by atoms with Gasteiger partial charge in [0.15, 0.2) is 0 Å². The van der Waals surface area contributed by atoms with Gasteiger partial charge in [-0.1, -0.05) is 12.2 Å². The third kappa shape index (κ3) is 1.53. The molecule has 4 atom stereocenters. The van der Waals surface area contributed by atoms with Gasteiger partial charge in [0.05, 0.1) is 6.10 Å². The second kappa shape index (κ2) is 3.81. The molecule has 0 radical (unpaired) electrons. The summed E-state index contributed by atoms with van der Waals surface area (Å²) in [5.74, 6) is 1.80. The van der Waals surface area contributed by atoms with Crippen LogP contribution in [-0.4, -0.2) is 24.9 Å². The lowest BCUT2D eigenvalue weighted by Crippen LogP contribution is -2.25. The van der Waals surface area contributed by atoms with Crippen LogP contribution in [0.15, 0.2) is 12.2 Å². The third-order valence-electron chi connectivity index (χ3n) is 3.70. The molecular formula is C11H18O2. The second-order valence-electron chi connectivity index (χ2n) is 4.22. The molecule has 0 aromatic rings. The number of allylic oxidation sites excluding steroid dienone is 2. The van der Waals surface area contributed by atoms with Crippen LogP contribution in [0.5, 0.6) is 0 Å². The van der Waals surface area contributed by atoms with Crippen molar-refractivity contribution in [3.63, 3.8) is 0 Å². The molecule has 1 fully saturated rings. The molecule has 0 bridgehead atoms. The Bertz CT molecular complexity index is 200. The zero-order valence-corrected chi connectivity index (χ0v) is 8.15. The lowest BCUT2D eigenvalue weighted by molar-refractivity contribution is 0.0331. The van der Waals surface area contributed by atoms with Crippen LogP contribution in [0.25, 0.3) is 0 Å². The van der Waals surface area contributed by atoms with E-state index in [2.05, 4.69) is 12.2 Å². The van der Waals surface area contributed by atoms with Gasteiger partial charge in [0.2, 0.25) is 0 Å². The number of aliphatic hydroxyl groups is 1. The highest BCUT2D eigenvalue weighted by atomic mass is 16.5. The smallest absolute Gasteiger partial charge is 0.0627 e. The zero-order chi connectivity index (χ0) is 9.26. The molecule has 74 valence electrons. The number of rotatable bonds is 2. The fourth-order valence-corrected chi connectivity index (χ4v) is 2.96. The number of hydrogen-bond donors (Lipinski definition) is 1. The first-order valence-corrected chi connectivity index (χ1v) is 5.15. The van der Waals surface area contributed by atoms with E-state index in [0.29, 0.717) is 17.9 Å². The molecule has 2 heteroatoms. The van der Waals surface area contributed by atoms with Gasteiger partial charge in [-0.25, -0.2) is 0 Å². The van der Waals surface area contributed by atoms with Crippen molar-refractivity contribution in [2.45, 2.75) is 25.4 Å². The van der Waals surface area contributed by atoms with Crippen LogP contribution in [-0.2, 0) is 4.74 Å². The molecule has 0 aliphatic heterocycles. The van der Waals surface area contributed by atoms with Gasteiger partial charge in [0.1, 0.15) is 0 Å². The first-order chi connectivity index (χ1) is 6.36. The monoisotopic (exact) mass is 182 g/mol. The van der Waals surface area contributed by atoms with Crippen molar-refractivity contribution in [3.8, 4) is 0 Å². The molecule has 0 amide bonds. The van der Waals surface area contributed by atoms with Crippen LogP contribution in [0.3, 0.4) is 0 Å². The lowest BCUT2D eigenvalue weighted by Gasteiger charge is -2.25. The molecule has 2 aliphatic rings. The van der Waals surface area contributed by atoms with Gasteiger partial charge < -0.3 is 9.84 Å². The standard InChI is InChI=1S/C11H18O2/c1-13-11-6-8-4-2-3-5-9(8)10(11)7-12/h2-3,8-12H,4-7H2,1H3/t8-,9-,10+,11+/m1/s1. The Labute approximate surface area is 79.6 Å². The van der Waals surface area contributed by atoms with Gasteiger partial charge in [-0.3, -0.25) is 0 Å². The van der Waals surface area contributed by atoms with Crippen LogP contribution in [0.2, 0.25) is 0 Å². The van der Waals surface area contributed by atoms with Crippen molar-refractivity contribution < 1.29 is 9.84 Å². The normalized spacial score (nSPS) is 43.5. The first kappa shape index (κ1) is 9.22. The summed E-state index contributed by atoms with van der Waals surface area (Å²) in [5.41, 5.74) is 0. The number of methoxy groups -OCH3 is 1. The first-order valence-electron chi connectivity index (χ1n) is 5.15. The molecule has 0 spiro atoms. The van der Waals surface area contributed by atoms with E-state index in [1.807, 2.05) is 0 Å². The average Bonchev–Trinajstić information content (AvgIpc) is 2.55. The average molecular weight is 182 g/mol. The Kier molecular flexibility index (Phi) is 2.70. The van der Waals surface area contributed by atoms with Gasteiger partial charge in [-0.05, 0) is 31.1 Å². The highest BCUT2D eigenvalue weighted by molar-refractivity contribution is 5.02. The van der Waals surface area contributed by atoms with E-state index < -0.39 is 0 Å². The van der Waals surface area contributed by atoms with E-state index in [-0.39, 0.29) is 6.61 Å². The Hall–Kier alpha value is -0.340. The van der Waals surface area contributed by atoms with E-state index in [9.17, 15) is 5.11 Å². The minimum absolute atomic E-state index is 0.285. The molecule has 0 heterocycles. The largest absolute Gasteiger partial charge is 0.396 e. The molecule has 13 heavy (non-hydrogen) atoms. The second-order valence-corrected chi connectivity index (χ2v) is 4.22. The summed E-state index contributed by atoms with van der Waals surface area (Å²) in [4.78, 5) is 0. The summed E-state index contributed by atoms with van der Waals surface area (Å²) in [6.07, 6.45) is 8.27. The molecule has 2 aliphatic carbocycles. The summed E-state index contributed by atoms with van der Waals surface area (Å²) >= 11 is 0. The maximum Gasteiger partial charge on any atom is 0.0627 e. The Morgan fingerprint density at radius 2 is 2.15 bits per heavy atom. The molecular weight excluding hydrogens is 164 g/mol. The van der Waals surface area contributed by atoms with Crippen molar-refractivity contribution >= 4 is 0 Å². The van der Waals surface area contributed by atoms with Crippen molar-refractivity contribution in [3.05, 3.63) is 12.2 Å². The molecule has 1 saturated carbocycles. The van der Waals surface area contributed by atoms with Crippen LogP contribution in [0, 0.1) is 17.8 Å². The molecule has 0 saturated heterocycles. The van der Waals surface area contributed by atoms with Crippen LogP contribution in [0.1, 0.15) is 19.3 Å². The van der Waals surface area contributed by atoms with Gasteiger partial charge in [0.25, 0.3) is 0 Å². The fraction of sp³-hybridized carbons (Fsp3) is 0.818. The highest BCUT2D eigenvalue weighted by Crippen LogP contribution is 2.44. The van der Waals surface area contributed by atoms with E-state index in [4.69, 9.17) is 4.74 Å². The SMILES string of the molecule is CO[C@H]1C[C@H]2CC=CC[C@H]2[C@@H]1CO. The Balaban J connectivity index is 2.09. The predicted octanol–water partition coefficient (Wildman–Crippen LogP) is 1.60. The summed E-state index contributed by atoms with van der Waals surface area (Å²) in [5, 5.41) is 9.30. The van der Waals surface area contributed by atoms with Crippen molar-refractivity contribution in [1.82, 2.24) is 0 Å². The van der Waals surface area contributed by atoms with Gasteiger partial charge in [0, 0.05) is 19.6 Å². The third-order valence-corrected chi connectivity index (χ3v) is 3.70. The number of aliphatic hydroxyl groups excluding tert-OH is 1. The quantitative estimate of drug-likeness (QED) is 0.657. The molecule has 2 nitrogen and oxygen atoms in total. The lowest BCUT2D eigenvalue weighted by atomic mass is 9.82. The molecule has 0 aromatic heterocycles. The maximum atomic E-state index is 9.30. The number of fused-ring (bicyclic) bond motifs is 1. The summed E-state index contributed by atoms with van der Waals surface area (Å²) < 4.78 is 5.42.